The molecule has 0 radical (unpaired) electrons. The highest BCUT2D eigenvalue weighted by molar-refractivity contribution is 6.74. The van der Waals surface area contributed by atoms with Crippen molar-refractivity contribution in [3.8, 4) is 22.6 Å². The lowest BCUT2D eigenvalue weighted by molar-refractivity contribution is -0.130. The number of hydrogen-bond acceptors (Lipinski definition) is 9. The van der Waals surface area contributed by atoms with Gasteiger partial charge in [0.15, 0.2) is 8.32 Å². The number of carbonyl (C=O) groups is 2. The van der Waals surface area contributed by atoms with Crippen molar-refractivity contribution in [2.45, 2.75) is 76.9 Å². The van der Waals surface area contributed by atoms with E-state index in [0.29, 0.717) is 37.0 Å². The number of anilines is 1. The predicted octanol–water partition coefficient (Wildman–Crippen LogP) is 8.94. The number of hydrogen-bond donors (Lipinski definition) is 4. The summed E-state index contributed by atoms with van der Waals surface area (Å²) in [5.41, 5.74) is 4.96. The van der Waals surface area contributed by atoms with E-state index in [2.05, 4.69) is 66.5 Å². The number of benzene rings is 4. The van der Waals surface area contributed by atoms with Gasteiger partial charge in [-0.1, -0.05) is 87.5 Å². The van der Waals surface area contributed by atoms with Gasteiger partial charge in [-0.05, 0) is 89.8 Å². The maximum atomic E-state index is 13.0. The van der Waals surface area contributed by atoms with Gasteiger partial charge in [0, 0.05) is 63.3 Å². The molecule has 13 heteroatoms. The number of phenols is 1. The molecular weight excluding hydrogens is 811 g/mol. The van der Waals surface area contributed by atoms with Crippen LogP contribution >= 0.6 is 0 Å². The maximum Gasteiger partial charge on any atom is 0.411 e. The number of nitrogens with one attached hydrogen (secondary N) is 3. The van der Waals surface area contributed by atoms with Gasteiger partial charge >= 0.3 is 6.09 Å². The van der Waals surface area contributed by atoms with Gasteiger partial charge in [0.05, 0.1) is 30.3 Å². The minimum Gasteiger partial charge on any atom is -0.506 e. The van der Waals surface area contributed by atoms with E-state index in [4.69, 9.17) is 13.9 Å². The molecule has 334 valence electrons. The number of nitrogens with zero attached hydrogens (tertiary/aromatic N) is 2. The fourth-order valence-corrected chi connectivity index (χ4v) is 9.88. The highest BCUT2D eigenvalue weighted by Crippen LogP contribution is 2.42. The third-order valence-electron chi connectivity index (χ3n) is 13.1. The van der Waals surface area contributed by atoms with Gasteiger partial charge in [0.1, 0.15) is 17.6 Å². The number of aromatic hydroxyl groups is 1. The second-order valence-electron chi connectivity index (χ2n) is 18.7. The van der Waals surface area contributed by atoms with Gasteiger partial charge in [-0.3, -0.25) is 19.8 Å². The van der Waals surface area contributed by atoms with Crippen LogP contribution in [0.25, 0.3) is 22.0 Å². The zero-order valence-corrected chi connectivity index (χ0v) is 38.5. The van der Waals surface area contributed by atoms with Crippen LogP contribution in [0.4, 0.5) is 10.5 Å². The van der Waals surface area contributed by atoms with Gasteiger partial charge in [-0.25, -0.2) is 4.79 Å². The van der Waals surface area contributed by atoms with E-state index < -0.39 is 14.4 Å². The Kier molecular flexibility index (Phi) is 14.4. The zero-order chi connectivity index (χ0) is 44.7. The summed E-state index contributed by atoms with van der Waals surface area (Å²) in [4.78, 5) is 45.0. The van der Waals surface area contributed by atoms with Crippen LogP contribution in [0.15, 0.2) is 108 Å². The molecule has 63 heavy (non-hydrogen) atoms. The van der Waals surface area contributed by atoms with Crippen molar-refractivity contribution >= 4 is 36.9 Å². The largest absolute Gasteiger partial charge is 0.506 e. The number of ether oxygens (including phenoxy) is 2. The highest BCUT2D eigenvalue weighted by atomic mass is 28.4. The van der Waals surface area contributed by atoms with Gasteiger partial charge in [-0.2, -0.15) is 0 Å². The lowest BCUT2D eigenvalue weighted by Crippen LogP contribution is -2.44. The van der Waals surface area contributed by atoms with Crippen LogP contribution in [0.3, 0.4) is 0 Å². The van der Waals surface area contributed by atoms with Crippen molar-refractivity contribution in [2.75, 3.05) is 51.7 Å². The summed E-state index contributed by atoms with van der Waals surface area (Å²) in [5, 5.41) is 17.7. The Bertz CT molecular complexity index is 2390. The minimum absolute atomic E-state index is 0.00258. The van der Waals surface area contributed by atoms with Gasteiger partial charge in [0.2, 0.25) is 11.5 Å². The Morgan fingerprint density at radius 3 is 2.33 bits per heavy atom. The van der Waals surface area contributed by atoms with Crippen molar-refractivity contribution in [3.05, 3.63) is 125 Å². The number of aromatic nitrogens is 1. The van der Waals surface area contributed by atoms with E-state index in [9.17, 15) is 19.5 Å². The van der Waals surface area contributed by atoms with E-state index in [0.717, 1.165) is 66.0 Å². The van der Waals surface area contributed by atoms with Crippen molar-refractivity contribution in [1.82, 2.24) is 20.1 Å². The molecule has 1 aliphatic heterocycles. The summed E-state index contributed by atoms with van der Waals surface area (Å²) < 4.78 is 18.8. The Hall–Kier alpha value is -5.47. The molecule has 12 nitrogen and oxygen atoms in total. The van der Waals surface area contributed by atoms with E-state index >= 15 is 0 Å². The van der Waals surface area contributed by atoms with Crippen LogP contribution in [0.5, 0.6) is 11.5 Å². The number of H-pyrrole nitrogens is 1. The molecule has 2 aliphatic rings. The van der Waals surface area contributed by atoms with Crippen LogP contribution in [0, 0.1) is 11.8 Å². The summed E-state index contributed by atoms with van der Waals surface area (Å²) in [6, 6.07) is 32.6. The van der Waals surface area contributed by atoms with Crippen molar-refractivity contribution in [2.24, 2.45) is 11.8 Å². The molecule has 7 rings (SSSR count). The lowest BCUT2D eigenvalue weighted by atomic mass is 10.0. The monoisotopic (exact) mass is 873 g/mol. The Morgan fingerprint density at radius 2 is 1.62 bits per heavy atom. The van der Waals surface area contributed by atoms with Crippen LogP contribution < -0.4 is 20.9 Å². The third kappa shape index (κ3) is 11.6. The Balaban J connectivity index is 0.810. The molecule has 2 amide bonds. The average molecular weight is 874 g/mol. The number of phenolic OH excluding ortho intramolecular Hbond substituents is 1. The number of fused-ring (bicyclic) bond motifs is 2. The number of pyridine rings is 1. The Morgan fingerprint density at radius 1 is 0.921 bits per heavy atom. The second-order valence-corrected chi connectivity index (χ2v) is 23.4. The van der Waals surface area contributed by atoms with Gasteiger partial charge < -0.3 is 34.2 Å². The van der Waals surface area contributed by atoms with Crippen molar-refractivity contribution < 1.29 is 28.6 Å². The maximum absolute atomic E-state index is 13.0. The van der Waals surface area contributed by atoms with Crippen LogP contribution in [-0.2, 0) is 20.5 Å². The normalized spacial score (nSPS) is 18.2. The summed E-state index contributed by atoms with van der Waals surface area (Å²) in [5.74, 6) is 1.76. The standard InChI is InChI=1S/C50H63N5O7Si/c1-50(2,3)63(5,6)62-45(41-20-22-44(56)48-42(41)21-23-46(57)53-48)30-51-25-26-54(4)47(58)24-27-60-38-18-16-34(17-19-38)31-55-32-36-28-39(29-37(36)33-55)61-49(59)52-43-15-11-10-14-40(43)35-12-8-7-9-13-35/h7-23,36-37,39,45,51,56H,24-33H2,1-6H3,(H,52,59)(H,53,57)/t36-,37+,39+,45-/m0/s1. The molecule has 1 aromatic heterocycles. The molecule has 2 fully saturated rings. The fraction of sp³-hybridized carbons (Fsp3) is 0.420. The topological polar surface area (TPSA) is 145 Å². The molecule has 1 saturated carbocycles. The number of amides is 2. The molecule has 4 N–H and O–H groups in total. The molecular formula is C50H63N5O7Si. The summed E-state index contributed by atoms with van der Waals surface area (Å²) in [6.07, 6.45) is 1.20. The third-order valence-corrected chi connectivity index (χ3v) is 17.6. The van der Waals surface area contributed by atoms with Crippen LogP contribution in [-0.4, -0.2) is 92.7 Å². The zero-order valence-electron chi connectivity index (χ0n) is 37.5. The van der Waals surface area contributed by atoms with Crippen LogP contribution in [0.1, 0.15) is 57.3 Å². The van der Waals surface area contributed by atoms with Gasteiger partial charge in [-0.15, -0.1) is 0 Å². The molecule has 0 spiro atoms. The number of likely N-dealkylation sites (N-methyl/N-ethyl adjacent to an activating group) is 1. The fourth-order valence-electron chi connectivity index (χ4n) is 8.61. The number of aromatic amines is 1. The smallest absolute Gasteiger partial charge is 0.411 e. The van der Waals surface area contributed by atoms with Gasteiger partial charge in [0.25, 0.3) is 0 Å². The first kappa shape index (κ1) is 45.5. The van der Waals surface area contributed by atoms with Crippen LogP contribution in [0.2, 0.25) is 18.1 Å². The first-order valence-electron chi connectivity index (χ1n) is 22.2. The number of likely N-dealkylation sites (tertiary alicyclic amines) is 1. The lowest BCUT2D eigenvalue weighted by Gasteiger charge is -2.39. The summed E-state index contributed by atoms with van der Waals surface area (Å²) >= 11 is 0. The minimum atomic E-state index is -2.21. The Labute approximate surface area is 372 Å². The van der Waals surface area contributed by atoms with Crippen molar-refractivity contribution in [3.63, 3.8) is 0 Å². The molecule has 5 aromatic rings. The average Bonchev–Trinajstić information content (AvgIpc) is 3.80. The van der Waals surface area contributed by atoms with E-state index in [-0.39, 0.29) is 47.5 Å². The van der Waals surface area contributed by atoms with Crippen molar-refractivity contribution in [1.29, 1.82) is 0 Å². The molecule has 1 aliphatic carbocycles. The molecule has 4 atom stereocenters. The molecule has 0 bridgehead atoms. The quantitative estimate of drug-likeness (QED) is 0.0532. The predicted molar refractivity (Wildman–Crippen MR) is 252 cm³/mol. The first-order chi connectivity index (χ1) is 30.1. The molecule has 1 saturated heterocycles. The number of carbonyl (C=O) groups excluding carboxylic acids is 2. The molecule has 4 aromatic carbocycles. The highest BCUT2D eigenvalue weighted by Gasteiger charge is 2.42. The second kappa shape index (κ2) is 19.9. The molecule has 2 heterocycles. The summed E-state index contributed by atoms with van der Waals surface area (Å²) in [7, 11) is -0.413. The number of rotatable bonds is 17. The molecule has 0 unspecified atom stereocenters. The number of para-hydroxylation sites is 1. The van der Waals surface area contributed by atoms with E-state index in [1.165, 1.54) is 11.6 Å². The first-order valence-corrected chi connectivity index (χ1v) is 25.1. The SMILES string of the molecule is CN(CCNC[C@H](O[Si](C)(C)C(C)(C)C)c1ccc(O)c2[nH]c(=O)ccc12)C(=O)CCOc1ccc(CN2C[C@H]3C[C@H](OC(=O)Nc4ccccc4-c4ccccc4)C[C@H]3C2)cc1. The van der Waals surface area contributed by atoms with E-state index in [1.54, 1.807) is 24.1 Å². The summed E-state index contributed by atoms with van der Waals surface area (Å²) in [6.45, 7) is 15.7. The van der Waals surface area contributed by atoms with E-state index in [1.807, 2.05) is 72.8 Å².